The number of fused-ring (bicyclic) bond motifs is 1. The van der Waals surface area contributed by atoms with Crippen LogP contribution in [-0.4, -0.2) is 33.3 Å². The lowest BCUT2D eigenvalue weighted by atomic mass is 10.0. The molecular weight excluding hydrogens is 452 g/mol. The van der Waals surface area contributed by atoms with Crippen molar-refractivity contribution in [3.63, 3.8) is 0 Å². The molecule has 0 fully saturated rings. The summed E-state index contributed by atoms with van der Waals surface area (Å²) in [6, 6.07) is 17.9. The zero-order valence-corrected chi connectivity index (χ0v) is 17.9. The van der Waals surface area contributed by atoms with Crippen LogP contribution < -0.4 is 4.74 Å². The number of hydrogen-bond donors (Lipinski definition) is 2. The molecule has 0 saturated carbocycles. The summed E-state index contributed by atoms with van der Waals surface area (Å²) >= 11 is 8.67. The van der Waals surface area contributed by atoms with Gasteiger partial charge in [-0.2, -0.15) is 14.9 Å². The summed E-state index contributed by atoms with van der Waals surface area (Å²) in [6.07, 6.45) is 2.22. The number of methoxy groups -OCH3 is 1. The molecule has 3 aromatic carbocycles. The quantitative estimate of drug-likeness (QED) is 0.317. The van der Waals surface area contributed by atoms with E-state index in [4.69, 9.17) is 17.0 Å². The fourth-order valence-electron chi connectivity index (χ4n) is 3.12. The van der Waals surface area contributed by atoms with Gasteiger partial charge in [-0.05, 0) is 62.2 Å². The molecule has 0 atom stereocenters. The number of halogens is 1. The second-order valence-corrected chi connectivity index (χ2v) is 7.61. The van der Waals surface area contributed by atoms with E-state index >= 15 is 0 Å². The van der Waals surface area contributed by atoms with Gasteiger partial charge in [0, 0.05) is 6.42 Å². The van der Waals surface area contributed by atoms with Crippen molar-refractivity contribution in [3.05, 3.63) is 80.8 Å². The molecular formula is C21H17BrN4O2S. The van der Waals surface area contributed by atoms with Crippen LogP contribution in [0.25, 0.3) is 10.8 Å². The van der Waals surface area contributed by atoms with Crippen molar-refractivity contribution < 1.29 is 9.84 Å². The van der Waals surface area contributed by atoms with Crippen molar-refractivity contribution in [2.24, 2.45) is 5.10 Å². The van der Waals surface area contributed by atoms with E-state index in [1.54, 1.807) is 23.0 Å². The molecule has 0 amide bonds. The Morgan fingerprint density at radius 3 is 2.86 bits per heavy atom. The second-order valence-electron chi connectivity index (χ2n) is 6.37. The third kappa shape index (κ3) is 3.94. The number of nitrogens with zero attached hydrogens (tertiary/aromatic N) is 3. The molecule has 4 aromatic rings. The average Bonchev–Trinajstić information content (AvgIpc) is 3.08. The Labute approximate surface area is 180 Å². The summed E-state index contributed by atoms with van der Waals surface area (Å²) in [5, 5.41) is 24.0. The van der Waals surface area contributed by atoms with E-state index in [2.05, 4.69) is 55.5 Å². The fourth-order valence-corrected chi connectivity index (χ4v) is 3.78. The van der Waals surface area contributed by atoms with Crippen molar-refractivity contribution in [1.82, 2.24) is 14.9 Å². The topological polar surface area (TPSA) is 75.4 Å². The van der Waals surface area contributed by atoms with Crippen molar-refractivity contribution in [3.8, 4) is 11.5 Å². The van der Waals surface area contributed by atoms with E-state index in [-0.39, 0.29) is 5.75 Å². The van der Waals surface area contributed by atoms with E-state index < -0.39 is 0 Å². The molecule has 4 rings (SSSR count). The lowest BCUT2D eigenvalue weighted by Crippen LogP contribution is -2.01. The molecule has 8 heteroatoms. The number of ether oxygens (including phenoxy) is 1. The molecule has 2 N–H and O–H groups in total. The van der Waals surface area contributed by atoms with Gasteiger partial charge in [0.2, 0.25) is 4.77 Å². The highest BCUT2D eigenvalue weighted by Crippen LogP contribution is 2.34. The van der Waals surface area contributed by atoms with Gasteiger partial charge in [-0.1, -0.05) is 42.5 Å². The first kappa shape index (κ1) is 19.4. The SMILES string of the molecule is COc1cc(C=Nn2c(Cc3cccc4ccccc34)n[nH]c2=S)cc(Br)c1O. The highest BCUT2D eigenvalue weighted by atomic mass is 79.9. The predicted octanol–water partition coefficient (Wildman–Crippen LogP) is 5.04. The number of H-pyrrole nitrogens is 1. The normalized spacial score (nSPS) is 11.4. The van der Waals surface area contributed by atoms with Gasteiger partial charge in [0.05, 0.1) is 17.8 Å². The molecule has 0 aliphatic carbocycles. The molecule has 0 aliphatic rings. The van der Waals surface area contributed by atoms with Crippen LogP contribution in [-0.2, 0) is 6.42 Å². The molecule has 0 spiro atoms. The highest BCUT2D eigenvalue weighted by Gasteiger charge is 2.10. The van der Waals surface area contributed by atoms with Crippen LogP contribution in [0.3, 0.4) is 0 Å². The maximum Gasteiger partial charge on any atom is 0.216 e. The zero-order chi connectivity index (χ0) is 20.4. The van der Waals surface area contributed by atoms with Crippen molar-refractivity contribution in [2.75, 3.05) is 7.11 Å². The summed E-state index contributed by atoms with van der Waals surface area (Å²) in [5.74, 6) is 1.10. The van der Waals surface area contributed by atoms with Crippen molar-refractivity contribution >= 4 is 45.1 Å². The molecule has 0 saturated heterocycles. The molecule has 146 valence electrons. The Balaban J connectivity index is 1.69. The van der Waals surface area contributed by atoms with Crippen LogP contribution in [0.4, 0.5) is 0 Å². The largest absolute Gasteiger partial charge is 0.503 e. The summed E-state index contributed by atoms with van der Waals surface area (Å²) < 4.78 is 7.71. The van der Waals surface area contributed by atoms with Gasteiger partial charge in [0.15, 0.2) is 17.3 Å². The van der Waals surface area contributed by atoms with E-state index in [1.807, 2.05) is 18.2 Å². The third-order valence-corrected chi connectivity index (χ3v) is 5.41. The maximum absolute atomic E-state index is 9.96. The molecule has 0 bridgehead atoms. The van der Waals surface area contributed by atoms with Crippen LogP contribution >= 0.6 is 28.1 Å². The Hall–Kier alpha value is -2.97. The van der Waals surface area contributed by atoms with Gasteiger partial charge < -0.3 is 9.84 Å². The van der Waals surface area contributed by atoms with E-state index in [0.29, 0.717) is 27.2 Å². The lowest BCUT2D eigenvalue weighted by molar-refractivity contribution is 0.372. The van der Waals surface area contributed by atoms with Gasteiger partial charge in [0.25, 0.3) is 0 Å². The van der Waals surface area contributed by atoms with Gasteiger partial charge in [0.1, 0.15) is 0 Å². The minimum Gasteiger partial charge on any atom is -0.503 e. The molecule has 6 nitrogen and oxygen atoms in total. The third-order valence-electron chi connectivity index (χ3n) is 4.54. The van der Waals surface area contributed by atoms with Gasteiger partial charge in [-0.3, -0.25) is 5.10 Å². The number of benzene rings is 3. The molecule has 1 heterocycles. The smallest absolute Gasteiger partial charge is 0.216 e. The number of aromatic amines is 1. The van der Waals surface area contributed by atoms with Crippen molar-refractivity contribution in [2.45, 2.75) is 6.42 Å². The Morgan fingerprint density at radius 2 is 2.03 bits per heavy atom. The molecule has 0 unspecified atom stereocenters. The number of phenolic OH excluding ortho intramolecular Hbond substituents is 1. The van der Waals surface area contributed by atoms with Crippen molar-refractivity contribution in [1.29, 1.82) is 0 Å². The summed E-state index contributed by atoms with van der Waals surface area (Å²) in [5.41, 5.74) is 1.88. The minimum absolute atomic E-state index is 0.0428. The molecule has 0 radical (unpaired) electrons. The lowest BCUT2D eigenvalue weighted by Gasteiger charge is -2.07. The minimum atomic E-state index is 0.0428. The molecule has 29 heavy (non-hydrogen) atoms. The number of phenols is 1. The first-order chi connectivity index (χ1) is 14.1. The first-order valence-electron chi connectivity index (χ1n) is 8.80. The molecule has 1 aromatic heterocycles. The van der Waals surface area contributed by atoms with Crippen LogP contribution in [0, 0.1) is 4.77 Å². The van der Waals surface area contributed by atoms with Crippen LogP contribution in [0.1, 0.15) is 17.0 Å². The predicted molar refractivity (Wildman–Crippen MR) is 120 cm³/mol. The monoisotopic (exact) mass is 468 g/mol. The number of rotatable bonds is 5. The number of aromatic nitrogens is 3. The Bertz CT molecular complexity index is 1270. The van der Waals surface area contributed by atoms with Gasteiger partial charge in [-0.15, -0.1) is 0 Å². The first-order valence-corrected chi connectivity index (χ1v) is 10.0. The second kappa shape index (κ2) is 8.18. The zero-order valence-electron chi connectivity index (χ0n) is 15.5. The summed E-state index contributed by atoms with van der Waals surface area (Å²) in [4.78, 5) is 0. The van der Waals surface area contributed by atoms with Gasteiger partial charge >= 0.3 is 0 Å². The van der Waals surface area contributed by atoms with E-state index in [1.165, 1.54) is 17.9 Å². The Kier molecular flexibility index (Phi) is 5.46. The Morgan fingerprint density at radius 1 is 1.24 bits per heavy atom. The summed E-state index contributed by atoms with van der Waals surface area (Å²) in [7, 11) is 1.50. The van der Waals surface area contributed by atoms with Crippen LogP contribution in [0.15, 0.2) is 64.2 Å². The summed E-state index contributed by atoms with van der Waals surface area (Å²) in [6.45, 7) is 0. The van der Waals surface area contributed by atoms with Gasteiger partial charge in [-0.25, -0.2) is 0 Å². The average molecular weight is 469 g/mol. The maximum atomic E-state index is 9.96. The van der Waals surface area contributed by atoms with Crippen LogP contribution in [0.2, 0.25) is 0 Å². The number of aromatic hydroxyl groups is 1. The number of hydrogen-bond acceptors (Lipinski definition) is 5. The molecule has 0 aliphatic heterocycles. The fraction of sp³-hybridized carbons (Fsp3) is 0.0952. The van der Waals surface area contributed by atoms with E-state index in [9.17, 15) is 5.11 Å². The number of nitrogens with one attached hydrogen (secondary N) is 1. The highest BCUT2D eigenvalue weighted by molar-refractivity contribution is 9.10. The standard InChI is InChI=1S/C21H17BrN4O2S/c1-28-18-10-13(9-17(22)20(18)27)12-23-26-19(24-25-21(26)29)11-15-7-4-6-14-5-2-3-8-16(14)15/h2-10,12,27H,11H2,1H3,(H,25,29). The van der Waals surface area contributed by atoms with Crippen LogP contribution in [0.5, 0.6) is 11.5 Å². The van der Waals surface area contributed by atoms with E-state index in [0.717, 1.165) is 11.1 Å².